The van der Waals surface area contributed by atoms with Crippen LogP contribution in [0.4, 0.5) is 10.5 Å². The Balaban J connectivity index is 1.62. The van der Waals surface area contributed by atoms with Gasteiger partial charge in [0.15, 0.2) is 0 Å². The van der Waals surface area contributed by atoms with Crippen LogP contribution in [0.5, 0.6) is 0 Å². The summed E-state index contributed by atoms with van der Waals surface area (Å²) in [7, 11) is 0. The van der Waals surface area contributed by atoms with E-state index < -0.39 is 5.97 Å². The number of thiophene rings is 1. The first-order valence-electron chi connectivity index (χ1n) is 6.89. The van der Waals surface area contributed by atoms with E-state index in [1.807, 2.05) is 29.6 Å². The number of carboxylic acids is 1. The van der Waals surface area contributed by atoms with Gasteiger partial charge in [0.25, 0.3) is 0 Å². The molecule has 1 fully saturated rings. The van der Waals surface area contributed by atoms with Crippen molar-refractivity contribution in [3.05, 3.63) is 29.6 Å². The summed E-state index contributed by atoms with van der Waals surface area (Å²) in [6.07, 6.45) is 1.04. The van der Waals surface area contributed by atoms with Crippen LogP contribution in [0.1, 0.15) is 12.8 Å². The molecule has 2 N–H and O–H groups in total. The van der Waals surface area contributed by atoms with Gasteiger partial charge in [-0.15, -0.1) is 11.3 Å². The standard InChI is InChI=1S/C15H16N2O3S/c18-14(19)10-3-6-17(7-4-10)15(20)16-12-1-2-13-11(9-12)5-8-21-13/h1-2,5,8-10H,3-4,6-7H2,(H,16,20)(H,18,19). The Morgan fingerprint density at radius 3 is 2.71 bits per heavy atom. The highest BCUT2D eigenvalue weighted by Gasteiger charge is 2.26. The fourth-order valence-electron chi connectivity index (χ4n) is 2.58. The first-order chi connectivity index (χ1) is 10.1. The van der Waals surface area contributed by atoms with Crippen LogP contribution < -0.4 is 5.32 Å². The lowest BCUT2D eigenvalue weighted by molar-refractivity contribution is -0.143. The second kappa shape index (κ2) is 5.73. The Labute approximate surface area is 126 Å². The number of nitrogens with one attached hydrogen (secondary N) is 1. The molecule has 3 rings (SSSR count). The minimum absolute atomic E-state index is 0.159. The number of benzene rings is 1. The van der Waals surface area contributed by atoms with Crippen molar-refractivity contribution >= 4 is 39.1 Å². The van der Waals surface area contributed by atoms with Crippen molar-refractivity contribution in [3.63, 3.8) is 0 Å². The highest BCUT2D eigenvalue weighted by atomic mass is 32.1. The lowest BCUT2D eigenvalue weighted by Gasteiger charge is -2.30. The number of likely N-dealkylation sites (tertiary alicyclic amines) is 1. The number of fused-ring (bicyclic) bond motifs is 1. The molecule has 2 amide bonds. The molecule has 2 aromatic rings. The van der Waals surface area contributed by atoms with Gasteiger partial charge in [0.2, 0.25) is 0 Å². The lowest BCUT2D eigenvalue weighted by Crippen LogP contribution is -2.42. The van der Waals surface area contributed by atoms with E-state index in [-0.39, 0.29) is 11.9 Å². The van der Waals surface area contributed by atoms with Gasteiger partial charge in [0, 0.05) is 23.5 Å². The molecule has 0 saturated carbocycles. The molecule has 6 heteroatoms. The highest BCUT2D eigenvalue weighted by molar-refractivity contribution is 7.17. The number of carbonyl (C=O) groups is 2. The molecule has 110 valence electrons. The van der Waals surface area contributed by atoms with E-state index >= 15 is 0 Å². The zero-order valence-corrected chi connectivity index (χ0v) is 12.2. The number of nitrogens with zero attached hydrogens (tertiary/aromatic N) is 1. The predicted octanol–water partition coefficient (Wildman–Crippen LogP) is 3.23. The molecule has 21 heavy (non-hydrogen) atoms. The molecule has 5 nitrogen and oxygen atoms in total. The molecule has 1 aliphatic heterocycles. The molecule has 0 aliphatic carbocycles. The monoisotopic (exact) mass is 304 g/mol. The van der Waals surface area contributed by atoms with Crippen LogP contribution in [0.2, 0.25) is 0 Å². The van der Waals surface area contributed by atoms with Gasteiger partial charge < -0.3 is 15.3 Å². The van der Waals surface area contributed by atoms with Crippen LogP contribution in [0.15, 0.2) is 29.6 Å². The predicted molar refractivity (Wildman–Crippen MR) is 82.8 cm³/mol. The minimum Gasteiger partial charge on any atom is -0.481 e. The maximum Gasteiger partial charge on any atom is 0.321 e. The molecule has 1 aromatic heterocycles. The number of aliphatic carboxylic acids is 1. The fraction of sp³-hybridized carbons (Fsp3) is 0.333. The van der Waals surface area contributed by atoms with E-state index in [1.165, 1.54) is 4.70 Å². The van der Waals surface area contributed by atoms with Crippen molar-refractivity contribution in [3.8, 4) is 0 Å². The van der Waals surface area contributed by atoms with Crippen LogP contribution in [0, 0.1) is 5.92 Å². The second-order valence-electron chi connectivity index (χ2n) is 5.20. The van der Waals surface area contributed by atoms with Gasteiger partial charge in [0.05, 0.1) is 5.92 Å². The van der Waals surface area contributed by atoms with E-state index in [1.54, 1.807) is 16.2 Å². The first-order valence-corrected chi connectivity index (χ1v) is 7.77. The Bertz CT molecular complexity index is 674. The molecule has 1 saturated heterocycles. The summed E-state index contributed by atoms with van der Waals surface area (Å²) in [5.41, 5.74) is 0.770. The summed E-state index contributed by atoms with van der Waals surface area (Å²) in [5, 5.41) is 15.0. The van der Waals surface area contributed by atoms with Gasteiger partial charge in [-0.1, -0.05) is 0 Å². The molecule has 0 radical (unpaired) electrons. The molecule has 0 unspecified atom stereocenters. The summed E-state index contributed by atoms with van der Waals surface area (Å²) >= 11 is 1.67. The van der Waals surface area contributed by atoms with Gasteiger partial charge in [-0.3, -0.25) is 4.79 Å². The fourth-order valence-corrected chi connectivity index (χ4v) is 3.35. The van der Waals surface area contributed by atoms with Crippen LogP contribution in [0.3, 0.4) is 0 Å². The van der Waals surface area contributed by atoms with Crippen LogP contribution in [0.25, 0.3) is 10.1 Å². The van der Waals surface area contributed by atoms with E-state index in [4.69, 9.17) is 5.11 Å². The first kappa shape index (κ1) is 13.9. The topological polar surface area (TPSA) is 69.6 Å². The van der Waals surface area contributed by atoms with E-state index in [2.05, 4.69) is 5.32 Å². The third kappa shape index (κ3) is 3.00. The smallest absolute Gasteiger partial charge is 0.321 e. The molecule has 2 heterocycles. The molecular weight excluding hydrogens is 288 g/mol. The largest absolute Gasteiger partial charge is 0.481 e. The minimum atomic E-state index is -0.766. The van der Waals surface area contributed by atoms with Crippen LogP contribution in [-0.4, -0.2) is 35.1 Å². The van der Waals surface area contributed by atoms with E-state index in [0.717, 1.165) is 11.1 Å². The Kier molecular flexibility index (Phi) is 3.79. The second-order valence-corrected chi connectivity index (χ2v) is 6.15. The van der Waals surface area contributed by atoms with Gasteiger partial charge >= 0.3 is 12.0 Å². The average molecular weight is 304 g/mol. The zero-order chi connectivity index (χ0) is 14.8. The number of piperidine rings is 1. The van der Waals surface area contributed by atoms with Gasteiger partial charge in [-0.05, 0) is 47.9 Å². The number of urea groups is 1. The Hall–Kier alpha value is -2.08. The molecule has 0 atom stereocenters. The summed E-state index contributed by atoms with van der Waals surface area (Å²) < 4.78 is 1.19. The van der Waals surface area contributed by atoms with Crippen molar-refractivity contribution in [2.45, 2.75) is 12.8 Å². The van der Waals surface area contributed by atoms with Crippen molar-refractivity contribution in [2.24, 2.45) is 5.92 Å². The summed E-state index contributed by atoms with van der Waals surface area (Å²) in [6, 6.07) is 7.70. The van der Waals surface area contributed by atoms with E-state index in [0.29, 0.717) is 25.9 Å². The lowest BCUT2D eigenvalue weighted by atomic mass is 9.97. The number of amides is 2. The number of hydrogen-bond acceptors (Lipinski definition) is 3. The summed E-state index contributed by atoms with van der Waals surface area (Å²) in [5.74, 6) is -1.09. The normalized spacial score (nSPS) is 16.1. The zero-order valence-electron chi connectivity index (χ0n) is 11.4. The summed E-state index contributed by atoms with van der Waals surface area (Å²) in [4.78, 5) is 24.8. The molecule has 1 aliphatic rings. The van der Waals surface area contributed by atoms with Crippen LogP contribution in [-0.2, 0) is 4.79 Å². The molecular formula is C15H16N2O3S. The maximum atomic E-state index is 12.2. The van der Waals surface area contributed by atoms with Gasteiger partial charge in [0.1, 0.15) is 0 Å². The Morgan fingerprint density at radius 1 is 1.24 bits per heavy atom. The third-order valence-electron chi connectivity index (χ3n) is 3.84. The van der Waals surface area contributed by atoms with Crippen molar-refractivity contribution in [1.29, 1.82) is 0 Å². The van der Waals surface area contributed by atoms with E-state index in [9.17, 15) is 9.59 Å². The quantitative estimate of drug-likeness (QED) is 0.895. The Morgan fingerprint density at radius 2 is 2.00 bits per heavy atom. The number of anilines is 1. The molecule has 1 aromatic carbocycles. The average Bonchev–Trinajstić information content (AvgIpc) is 2.95. The number of hydrogen-bond donors (Lipinski definition) is 2. The summed E-state index contributed by atoms with van der Waals surface area (Å²) in [6.45, 7) is 0.979. The number of rotatable bonds is 2. The number of carboxylic acid groups (broad SMARTS) is 1. The maximum absolute atomic E-state index is 12.2. The van der Waals surface area contributed by atoms with Crippen molar-refractivity contribution in [1.82, 2.24) is 4.90 Å². The number of carbonyl (C=O) groups excluding carboxylic acids is 1. The van der Waals surface area contributed by atoms with Crippen molar-refractivity contribution in [2.75, 3.05) is 18.4 Å². The molecule has 0 bridgehead atoms. The van der Waals surface area contributed by atoms with Crippen molar-refractivity contribution < 1.29 is 14.7 Å². The molecule has 0 spiro atoms. The van der Waals surface area contributed by atoms with Crippen LogP contribution >= 0.6 is 11.3 Å². The highest BCUT2D eigenvalue weighted by Crippen LogP contribution is 2.24. The van der Waals surface area contributed by atoms with Gasteiger partial charge in [-0.25, -0.2) is 4.79 Å². The SMILES string of the molecule is O=C(O)C1CCN(C(=O)Nc2ccc3sccc3c2)CC1. The van der Waals surface area contributed by atoms with Gasteiger partial charge in [-0.2, -0.15) is 0 Å². The third-order valence-corrected chi connectivity index (χ3v) is 4.73.